The van der Waals surface area contributed by atoms with Gasteiger partial charge in [0, 0.05) is 6.92 Å². The van der Waals surface area contributed by atoms with E-state index in [2.05, 4.69) is 4.84 Å². The van der Waals surface area contributed by atoms with Crippen LogP contribution in [0.4, 0.5) is 0 Å². The number of hydrogen-bond donors (Lipinski definition) is 0. The van der Waals surface area contributed by atoms with Crippen molar-refractivity contribution in [3.8, 4) is 0 Å². The van der Waals surface area contributed by atoms with Gasteiger partial charge in [-0.15, -0.1) is 0 Å². The van der Waals surface area contributed by atoms with E-state index in [1.807, 2.05) is 0 Å². The molecule has 1 aliphatic rings. The highest BCUT2D eigenvalue weighted by molar-refractivity contribution is 6.21. The molecule has 0 saturated carbocycles. The molecule has 0 aliphatic carbocycles. The minimum Gasteiger partial charge on any atom is -0.459 e. The Morgan fingerprint density at radius 3 is 2.29 bits per heavy atom. The maximum Gasteiger partial charge on any atom is 0.338 e. The topological polar surface area (TPSA) is 90.0 Å². The molecule has 2 amide bonds. The monoisotopic (exact) mass is 291 g/mol. The molecule has 1 aromatic rings. The zero-order chi connectivity index (χ0) is 15.7. The third-order valence-corrected chi connectivity index (χ3v) is 2.65. The Morgan fingerprint density at radius 2 is 1.71 bits per heavy atom. The van der Waals surface area contributed by atoms with Crippen LogP contribution in [-0.4, -0.2) is 34.9 Å². The molecule has 0 saturated heterocycles. The van der Waals surface area contributed by atoms with Gasteiger partial charge in [-0.2, -0.15) is 0 Å². The molecule has 110 valence electrons. The van der Waals surface area contributed by atoms with E-state index in [0.29, 0.717) is 5.06 Å². The Balaban J connectivity index is 2.33. The number of esters is 1. The summed E-state index contributed by atoms with van der Waals surface area (Å²) in [7, 11) is 0. The summed E-state index contributed by atoms with van der Waals surface area (Å²) < 4.78 is 5.02. The number of hydrogen-bond acceptors (Lipinski definition) is 6. The molecule has 0 spiro atoms. The van der Waals surface area contributed by atoms with Gasteiger partial charge in [0.1, 0.15) is 0 Å². The van der Waals surface area contributed by atoms with E-state index in [4.69, 9.17) is 4.74 Å². The zero-order valence-electron chi connectivity index (χ0n) is 11.7. The van der Waals surface area contributed by atoms with Gasteiger partial charge in [-0.3, -0.25) is 9.59 Å². The summed E-state index contributed by atoms with van der Waals surface area (Å²) in [6.07, 6.45) is -0.305. The van der Waals surface area contributed by atoms with Gasteiger partial charge in [-0.25, -0.2) is 9.59 Å². The van der Waals surface area contributed by atoms with Crippen molar-refractivity contribution in [2.24, 2.45) is 0 Å². The van der Waals surface area contributed by atoms with Crippen LogP contribution >= 0.6 is 0 Å². The molecular weight excluding hydrogens is 278 g/mol. The van der Waals surface area contributed by atoms with E-state index in [1.165, 1.54) is 18.2 Å². The highest BCUT2D eigenvalue weighted by Crippen LogP contribution is 2.24. The third-order valence-electron chi connectivity index (χ3n) is 2.65. The molecule has 0 radical (unpaired) electrons. The van der Waals surface area contributed by atoms with Crippen molar-refractivity contribution in [3.63, 3.8) is 0 Å². The van der Waals surface area contributed by atoms with Crippen molar-refractivity contribution in [3.05, 3.63) is 34.9 Å². The average molecular weight is 291 g/mol. The first-order chi connectivity index (χ1) is 9.81. The van der Waals surface area contributed by atoms with Crippen molar-refractivity contribution < 1.29 is 28.8 Å². The number of benzene rings is 1. The van der Waals surface area contributed by atoms with Gasteiger partial charge < -0.3 is 9.57 Å². The second-order valence-electron chi connectivity index (χ2n) is 4.70. The molecule has 7 nitrogen and oxygen atoms in total. The van der Waals surface area contributed by atoms with Crippen molar-refractivity contribution in [2.45, 2.75) is 26.9 Å². The summed E-state index contributed by atoms with van der Waals surface area (Å²) in [6, 6.07) is 3.96. The molecule has 0 aromatic heterocycles. The third kappa shape index (κ3) is 2.76. The largest absolute Gasteiger partial charge is 0.459 e. The molecule has 0 atom stereocenters. The lowest BCUT2D eigenvalue weighted by molar-refractivity contribution is -0.165. The zero-order valence-corrected chi connectivity index (χ0v) is 11.7. The molecule has 0 bridgehead atoms. The number of hydroxylamine groups is 2. The number of fused-ring (bicyclic) bond motifs is 1. The van der Waals surface area contributed by atoms with Gasteiger partial charge in [-0.05, 0) is 32.0 Å². The number of rotatable bonds is 3. The lowest BCUT2D eigenvalue weighted by Gasteiger charge is -2.10. The quantitative estimate of drug-likeness (QED) is 0.616. The van der Waals surface area contributed by atoms with Crippen LogP contribution in [0.15, 0.2) is 18.2 Å². The Labute approximate surface area is 120 Å². The summed E-state index contributed by atoms with van der Waals surface area (Å²) in [6.45, 7) is 4.47. The lowest BCUT2D eigenvalue weighted by atomic mass is 10.1. The number of carbonyl (C=O) groups excluding carboxylic acids is 4. The molecular formula is C14H13NO6. The highest BCUT2D eigenvalue weighted by atomic mass is 16.7. The number of amides is 2. The molecule has 0 N–H and O–H groups in total. The molecule has 1 aliphatic heterocycles. The molecule has 2 rings (SSSR count). The molecule has 0 unspecified atom stereocenters. The van der Waals surface area contributed by atoms with Gasteiger partial charge in [-0.1, -0.05) is 5.06 Å². The maximum absolute atomic E-state index is 12.0. The Bertz CT molecular complexity index is 649. The molecule has 1 heterocycles. The average Bonchev–Trinajstić information content (AvgIpc) is 2.62. The van der Waals surface area contributed by atoms with Crippen LogP contribution in [0.25, 0.3) is 0 Å². The minimum absolute atomic E-state index is 0.000504. The van der Waals surface area contributed by atoms with Crippen LogP contribution in [0.1, 0.15) is 51.8 Å². The number of nitrogens with zero attached hydrogens (tertiary/aromatic N) is 1. The SMILES string of the molecule is CC(=O)ON1C(=O)c2ccc(C(=O)OC(C)C)cc2C1=O. The Morgan fingerprint density at radius 1 is 1.10 bits per heavy atom. The predicted molar refractivity (Wildman–Crippen MR) is 69.3 cm³/mol. The van der Waals surface area contributed by atoms with Crippen LogP contribution in [-0.2, 0) is 14.4 Å². The van der Waals surface area contributed by atoms with Gasteiger partial charge in [0.15, 0.2) is 0 Å². The van der Waals surface area contributed by atoms with Crippen molar-refractivity contribution in [1.29, 1.82) is 0 Å². The predicted octanol–water partition coefficient (Wildman–Crippen LogP) is 1.33. The van der Waals surface area contributed by atoms with Gasteiger partial charge in [0.25, 0.3) is 11.8 Å². The highest BCUT2D eigenvalue weighted by Gasteiger charge is 2.39. The van der Waals surface area contributed by atoms with E-state index in [-0.39, 0.29) is 22.8 Å². The van der Waals surface area contributed by atoms with Crippen molar-refractivity contribution >= 4 is 23.8 Å². The van der Waals surface area contributed by atoms with E-state index in [1.54, 1.807) is 13.8 Å². The molecule has 1 aromatic carbocycles. The van der Waals surface area contributed by atoms with E-state index >= 15 is 0 Å². The fraction of sp³-hybridized carbons (Fsp3) is 0.286. The first-order valence-electron chi connectivity index (χ1n) is 6.23. The van der Waals surface area contributed by atoms with Gasteiger partial charge in [0.2, 0.25) is 0 Å². The summed E-state index contributed by atoms with van der Waals surface area (Å²) in [5.74, 6) is -2.92. The second kappa shape index (κ2) is 5.35. The van der Waals surface area contributed by atoms with E-state index < -0.39 is 23.8 Å². The van der Waals surface area contributed by atoms with Crippen LogP contribution < -0.4 is 0 Å². The van der Waals surface area contributed by atoms with Crippen LogP contribution in [0.3, 0.4) is 0 Å². The van der Waals surface area contributed by atoms with Crippen LogP contribution in [0.2, 0.25) is 0 Å². The fourth-order valence-electron chi connectivity index (χ4n) is 1.84. The molecule has 7 heteroatoms. The fourth-order valence-corrected chi connectivity index (χ4v) is 1.84. The summed E-state index contributed by atoms with van der Waals surface area (Å²) in [5, 5.41) is 0.380. The van der Waals surface area contributed by atoms with Crippen molar-refractivity contribution in [1.82, 2.24) is 5.06 Å². The summed E-state index contributed by atoms with van der Waals surface area (Å²) >= 11 is 0. The second-order valence-corrected chi connectivity index (χ2v) is 4.70. The smallest absolute Gasteiger partial charge is 0.338 e. The Hall–Kier alpha value is -2.70. The number of ether oxygens (including phenoxy) is 1. The summed E-state index contributed by atoms with van der Waals surface area (Å²) in [4.78, 5) is 51.2. The maximum atomic E-state index is 12.0. The first kappa shape index (κ1) is 14.7. The minimum atomic E-state index is -0.788. The standard InChI is InChI=1S/C14H13NO6/c1-7(2)20-14(19)9-4-5-10-11(6-9)13(18)15(12(10)17)21-8(3)16/h4-7H,1-3H3. The molecule has 21 heavy (non-hydrogen) atoms. The Kier molecular flexibility index (Phi) is 3.75. The van der Waals surface area contributed by atoms with E-state index in [0.717, 1.165) is 6.92 Å². The van der Waals surface area contributed by atoms with E-state index in [9.17, 15) is 19.2 Å². The summed E-state index contributed by atoms with van der Waals surface area (Å²) in [5.41, 5.74) is 0.218. The van der Waals surface area contributed by atoms with Gasteiger partial charge >= 0.3 is 11.9 Å². The van der Waals surface area contributed by atoms with Crippen LogP contribution in [0, 0.1) is 0 Å². The normalized spacial score (nSPS) is 13.4. The lowest BCUT2D eigenvalue weighted by Crippen LogP contribution is -2.31. The molecule has 0 fully saturated rings. The van der Waals surface area contributed by atoms with Gasteiger partial charge in [0.05, 0.1) is 22.8 Å². The number of imide groups is 1. The van der Waals surface area contributed by atoms with Crippen LogP contribution in [0.5, 0.6) is 0 Å². The van der Waals surface area contributed by atoms with Crippen molar-refractivity contribution in [2.75, 3.05) is 0 Å². The first-order valence-corrected chi connectivity index (χ1v) is 6.23. The number of carbonyl (C=O) groups is 4.